The molecule has 0 bridgehead atoms. The number of benzene rings is 4. The van der Waals surface area contributed by atoms with E-state index in [2.05, 4.69) is 10.6 Å². The largest absolute Gasteiger partial charge is 0.493 e. The summed E-state index contributed by atoms with van der Waals surface area (Å²) in [5.41, 5.74) is 0.693. The number of ether oxygens (including phenoxy) is 4. The molecule has 2 N–H and O–H groups in total. The minimum atomic E-state index is -4.18. The van der Waals surface area contributed by atoms with Crippen molar-refractivity contribution < 1.29 is 48.9 Å². The van der Waals surface area contributed by atoms with E-state index in [1.807, 2.05) is 0 Å². The number of nitrogens with one attached hydrogen (secondary N) is 2. The molecule has 0 aliphatic carbocycles. The van der Waals surface area contributed by atoms with Gasteiger partial charge in [0.2, 0.25) is 0 Å². The Bertz CT molecular complexity index is 1710. The minimum absolute atomic E-state index is 0.0179. The molecule has 0 saturated heterocycles. The number of carbonyl (C=O) groups excluding carboxylic acids is 1. The lowest BCUT2D eigenvalue weighted by molar-refractivity contribution is 0.262. The number of carbonyl (C=O) groups is 1. The molecule has 4 aromatic rings. The van der Waals surface area contributed by atoms with Crippen LogP contribution in [-0.2, 0) is 20.2 Å². The van der Waals surface area contributed by atoms with E-state index >= 15 is 0 Å². The van der Waals surface area contributed by atoms with Crippen LogP contribution in [0.2, 0.25) is 0 Å². The summed E-state index contributed by atoms with van der Waals surface area (Å²) in [7, 11) is -2.72. The SMILES string of the molecule is COc1ccc(S(=O)(=O)Oc2ccc(NC(=O)Nc3ccc(OS(=O)(=O)c4ccc(OC)c(OC)c4)cc3)cc2)cc1OC. The second-order valence-electron chi connectivity index (χ2n) is 8.74. The van der Waals surface area contributed by atoms with Crippen LogP contribution >= 0.6 is 0 Å². The summed E-state index contributed by atoms with van der Waals surface area (Å²) in [5, 5.41) is 5.20. The molecule has 0 heterocycles. The molecule has 0 saturated carbocycles. The molecule has 2 amide bonds. The van der Waals surface area contributed by atoms with Crippen molar-refractivity contribution in [2.75, 3.05) is 39.1 Å². The molecule has 232 valence electrons. The van der Waals surface area contributed by atoms with E-state index < -0.39 is 26.3 Å². The molecule has 0 aliphatic heterocycles. The fourth-order valence-electron chi connectivity index (χ4n) is 3.77. The maximum atomic E-state index is 12.7. The minimum Gasteiger partial charge on any atom is -0.493 e. The molecule has 4 aromatic carbocycles. The Balaban J connectivity index is 1.34. The molecular weight excluding hydrogens is 616 g/mol. The number of rotatable bonds is 12. The van der Waals surface area contributed by atoms with E-state index in [1.165, 1.54) is 113 Å². The number of methoxy groups -OCH3 is 4. The van der Waals surface area contributed by atoms with Crippen LogP contribution in [0, 0.1) is 0 Å². The summed E-state index contributed by atoms with van der Waals surface area (Å²) in [6.45, 7) is 0. The third kappa shape index (κ3) is 7.62. The Hall–Kier alpha value is -5.15. The van der Waals surface area contributed by atoms with E-state index in [4.69, 9.17) is 27.3 Å². The van der Waals surface area contributed by atoms with Crippen molar-refractivity contribution in [2.24, 2.45) is 0 Å². The van der Waals surface area contributed by atoms with Crippen molar-refractivity contribution in [3.05, 3.63) is 84.9 Å². The number of hydrogen-bond acceptors (Lipinski definition) is 11. The first-order chi connectivity index (χ1) is 21.0. The van der Waals surface area contributed by atoms with Gasteiger partial charge in [0, 0.05) is 23.5 Å². The summed E-state index contributed by atoms with van der Waals surface area (Å²) >= 11 is 0. The van der Waals surface area contributed by atoms with Gasteiger partial charge in [-0.1, -0.05) is 0 Å². The molecule has 0 atom stereocenters. The lowest BCUT2D eigenvalue weighted by atomic mass is 10.3. The van der Waals surface area contributed by atoms with Crippen molar-refractivity contribution in [1.82, 2.24) is 0 Å². The van der Waals surface area contributed by atoms with Gasteiger partial charge < -0.3 is 37.9 Å². The van der Waals surface area contributed by atoms with Crippen LogP contribution in [0.3, 0.4) is 0 Å². The van der Waals surface area contributed by atoms with E-state index in [1.54, 1.807) is 0 Å². The Kier molecular flexibility index (Phi) is 9.70. The Morgan fingerprint density at radius 3 is 1.16 bits per heavy atom. The smallest absolute Gasteiger partial charge is 0.339 e. The molecular formula is C29H28N2O11S2. The molecule has 15 heteroatoms. The van der Waals surface area contributed by atoms with Gasteiger partial charge in [0.05, 0.1) is 28.4 Å². The molecule has 0 unspecified atom stereocenters. The number of amides is 2. The van der Waals surface area contributed by atoms with Gasteiger partial charge in [-0.15, -0.1) is 0 Å². The van der Waals surface area contributed by atoms with E-state index in [0.717, 1.165) is 0 Å². The Labute approximate surface area is 254 Å². The van der Waals surface area contributed by atoms with Gasteiger partial charge in [-0.25, -0.2) is 4.79 Å². The fourth-order valence-corrected chi connectivity index (χ4v) is 5.67. The third-order valence-electron chi connectivity index (χ3n) is 5.92. The number of urea groups is 1. The summed E-state index contributed by atoms with van der Waals surface area (Å²) in [6, 6.07) is 18.8. The summed E-state index contributed by atoms with van der Waals surface area (Å²) in [6.07, 6.45) is 0. The van der Waals surface area contributed by atoms with Crippen LogP contribution in [0.15, 0.2) is 94.7 Å². The zero-order chi connectivity index (χ0) is 31.9. The predicted octanol–water partition coefficient (Wildman–Crippen LogP) is 4.90. The number of hydrogen-bond donors (Lipinski definition) is 2. The summed E-state index contributed by atoms with van der Waals surface area (Å²) in [5.74, 6) is 1.22. The molecule has 0 aromatic heterocycles. The van der Waals surface area contributed by atoms with Crippen molar-refractivity contribution in [3.8, 4) is 34.5 Å². The highest BCUT2D eigenvalue weighted by Crippen LogP contribution is 2.32. The second kappa shape index (κ2) is 13.4. The van der Waals surface area contributed by atoms with E-state index in [0.29, 0.717) is 22.9 Å². The van der Waals surface area contributed by atoms with Gasteiger partial charge in [0.15, 0.2) is 23.0 Å². The predicted molar refractivity (Wildman–Crippen MR) is 160 cm³/mol. The first-order valence-electron chi connectivity index (χ1n) is 12.6. The highest BCUT2D eigenvalue weighted by atomic mass is 32.2. The first kappa shape index (κ1) is 31.8. The van der Waals surface area contributed by atoms with E-state index in [-0.39, 0.29) is 32.8 Å². The molecule has 0 aliphatic rings. The van der Waals surface area contributed by atoms with Crippen molar-refractivity contribution >= 4 is 37.6 Å². The molecule has 4 rings (SSSR count). The van der Waals surface area contributed by atoms with Crippen LogP contribution in [0.4, 0.5) is 16.2 Å². The quantitative estimate of drug-likeness (QED) is 0.202. The van der Waals surface area contributed by atoms with Gasteiger partial charge in [-0.3, -0.25) is 0 Å². The Morgan fingerprint density at radius 2 is 0.841 bits per heavy atom. The Morgan fingerprint density at radius 1 is 0.500 bits per heavy atom. The molecule has 13 nitrogen and oxygen atoms in total. The highest BCUT2D eigenvalue weighted by molar-refractivity contribution is 7.87. The average Bonchev–Trinajstić information content (AvgIpc) is 3.01. The fraction of sp³-hybridized carbons (Fsp3) is 0.138. The molecule has 0 fully saturated rings. The first-order valence-corrected chi connectivity index (χ1v) is 15.4. The van der Waals surface area contributed by atoms with E-state index in [9.17, 15) is 21.6 Å². The van der Waals surface area contributed by atoms with Gasteiger partial charge in [0.25, 0.3) is 0 Å². The normalized spacial score (nSPS) is 11.2. The molecule has 0 spiro atoms. The van der Waals surface area contributed by atoms with Crippen LogP contribution < -0.4 is 37.9 Å². The van der Waals surface area contributed by atoms with Crippen LogP contribution in [0.1, 0.15) is 0 Å². The summed E-state index contributed by atoms with van der Waals surface area (Å²) < 4.78 is 81.7. The van der Waals surface area contributed by atoms with Crippen molar-refractivity contribution in [2.45, 2.75) is 9.79 Å². The monoisotopic (exact) mass is 644 g/mol. The van der Waals surface area contributed by atoms with Crippen LogP contribution in [-0.4, -0.2) is 51.3 Å². The number of anilines is 2. The van der Waals surface area contributed by atoms with Crippen LogP contribution in [0.25, 0.3) is 0 Å². The zero-order valence-corrected chi connectivity index (χ0v) is 25.5. The zero-order valence-electron chi connectivity index (χ0n) is 23.9. The van der Waals surface area contributed by atoms with Gasteiger partial charge in [0.1, 0.15) is 21.3 Å². The standard InChI is InChI=1S/C29H28N2O11S2/c1-37-25-15-13-23(17-27(25)39-3)43(33,34)41-21-9-5-19(6-10-21)30-29(32)31-20-7-11-22(12-8-20)42-44(35,36)24-14-16-26(38-2)28(18-24)40-4/h5-18H,1-4H3,(H2,30,31,32). The van der Waals surface area contributed by atoms with Gasteiger partial charge >= 0.3 is 26.3 Å². The van der Waals surface area contributed by atoms with Gasteiger partial charge in [-0.2, -0.15) is 16.8 Å². The highest BCUT2D eigenvalue weighted by Gasteiger charge is 2.21. The second-order valence-corrected chi connectivity index (χ2v) is 11.8. The van der Waals surface area contributed by atoms with Crippen LogP contribution in [0.5, 0.6) is 34.5 Å². The lowest BCUT2D eigenvalue weighted by Crippen LogP contribution is -2.19. The molecule has 44 heavy (non-hydrogen) atoms. The third-order valence-corrected chi connectivity index (χ3v) is 8.41. The average molecular weight is 645 g/mol. The lowest BCUT2D eigenvalue weighted by Gasteiger charge is -2.12. The topological polar surface area (TPSA) is 165 Å². The maximum absolute atomic E-state index is 12.7. The maximum Gasteiger partial charge on any atom is 0.339 e. The van der Waals surface area contributed by atoms with Gasteiger partial charge in [-0.05, 0) is 72.8 Å². The van der Waals surface area contributed by atoms with Crippen molar-refractivity contribution in [1.29, 1.82) is 0 Å². The molecule has 0 radical (unpaired) electrons. The summed E-state index contributed by atoms with van der Waals surface area (Å²) in [4.78, 5) is 12.2. The van der Waals surface area contributed by atoms with Crippen molar-refractivity contribution in [3.63, 3.8) is 0 Å².